The molecule has 30 heavy (non-hydrogen) atoms. The van der Waals surface area contributed by atoms with Crippen LogP contribution in [0.5, 0.6) is 11.5 Å². The summed E-state index contributed by atoms with van der Waals surface area (Å²) in [5.41, 5.74) is 1.31. The Morgan fingerprint density at radius 3 is 2.77 bits per heavy atom. The zero-order valence-corrected chi connectivity index (χ0v) is 15.9. The third-order valence-corrected chi connectivity index (χ3v) is 4.27. The van der Waals surface area contributed by atoms with Crippen molar-refractivity contribution in [2.24, 2.45) is 5.10 Å². The molecule has 0 spiro atoms. The van der Waals surface area contributed by atoms with Crippen LogP contribution in [0, 0.1) is 0 Å². The summed E-state index contributed by atoms with van der Waals surface area (Å²) >= 11 is 0. The van der Waals surface area contributed by atoms with Crippen molar-refractivity contribution in [3.63, 3.8) is 0 Å². The lowest BCUT2D eigenvalue weighted by Gasteiger charge is -2.09. The van der Waals surface area contributed by atoms with Crippen molar-refractivity contribution in [3.8, 4) is 11.5 Å². The molecule has 148 valence electrons. The Hall–Kier alpha value is -4.33. The van der Waals surface area contributed by atoms with Crippen LogP contribution >= 0.6 is 0 Å². The lowest BCUT2D eigenvalue weighted by Crippen LogP contribution is -2.17. The minimum atomic E-state index is -0.545. The highest BCUT2D eigenvalue weighted by Gasteiger charge is 2.13. The fourth-order valence-corrected chi connectivity index (χ4v) is 2.76. The van der Waals surface area contributed by atoms with Gasteiger partial charge in [0.1, 0.15) is 6.33 Å². The van der Waals surface area contributed by atoms with Crippen LogP contribution in [-0.4, -0.2) is 33.9 Å². The van der Waals surface area contributed by atoms with E-state index in [1.54, 1.807) is 54.7 Å². The molecule has 0 aliphatic rings. The Bertz CT molecular complexity index is 1300. The van der Waals surface area contributed by atoms with Gasteiger partial charge in [0.05, 0.1) is 29.8 Å². The maximum absolute atomic E-state index is 12.5. The first-order chi connectivity index (χ1) is 14.7. The Morgan fingerprint density at radius 2 is 1.97 bits per heavy atom. The first-order valence-electron chi connectivity index (χ1n) is 8.97. The highest BCUT2D eigenvalue weighted by atomic mass is 16.6. The van der Waals surface area contributed by atoms with Gasteiger partial charge in [0.25, 0.3) is 5.56 Å². The molecule has 0 unspecified atom stereocenters. The summed E-state index contributed by atoms with van der Waals surface area (Å²) in [5.74, 6) is 0.0600. The number of benzene rings is 2. The minimum Gasteiger partial charge on any atom is -0.493 e. The van der Waals surface area contributed by atoms with E-state index in [9.17, 15) is 9.59 Å². The fourth-order valence-electron chi connectivity index (χ4n) is 2.76. The maximum Gasteiger partial charge on any atom is 0.345 e. The van der Waals surface area contributed by atoms with Crippen molar-refractivity contribution < 1.29 is 14.3 Å². The summed E-state index contributed by atoms with van der Waals surface area (Å²) in [6.45, 7) is 0. The number of hydrogen-bond donors (Lipinski definition) is 0. The summed E-state index contributed by atoms with van der Waals surface area (Å²) in [4.78, 5) is 32.9. The Morgan fingerprint density at radius 1 is 1.10 bits per heavy atom. The number of esters is 1. The van der Waals surface area contributed by atoms with Crippen LogP contribution in [0.3, 0.4) is 0 Å². The summed E-state index contributed by atoms with van der Waals surface area (Å²) in [6, 6.07) is 15.2. The molecule has 0 bridgehead atoms. The number of methoxy groups -OCH3 is 1. The van der Waals surface area contributed by atoms with E-state index in [2.05, 4.69) is 15.1 Å². The number of carbonyl (C=O) groups excluding carboxylic acids is 1. The van der Waals surface area contributed by atoms with Crippen molar-refractivity contribution >= 4 is 23.1 Å². The van der Waals surface area contributed by atoms with E-state index in [0.29, 0.717) is 27.8 Å². The van der Waals surface area contributed by atoms with Crippen molar-refractivity contribution in [1.29, 1.82) is 0 Å². The molecule has 2 aromatic carbocycles. The van der Waals surface area contributed by atoms with Crippen molar-refractivity contribution in [2.45, 2.75) is 0 Å². The number of ether oxygens (including phenoxy) is 2. The van der Waals surface area contributed by atoms with Gasteiger partial charge in [-0.2, -0.15) is 9.78 Å². The molecule has 8 heteroatoms. The number of nitrogens with zero attached hydrogens (tertiary/aromatic N) is 4. The number of carbonyl (C=O) groups is 1. The molecular formula is C22H16N4O4. The molecule has 0 saturated heterocycles. The quantitative estimate of drug-likeness (QED) is 0.290. The highest BCUT2D eigenvalue weighted by molar-refractivity contribution is 5.91. The molecular weight excluding hydrogens is 384 g/mol. The van der Waals surface area contributed by atoms with Crippen LogP contribution in [0.25, 0.3) is 10.9 Å². The van der Waals surface area contributed by atoms with Gasteiger partial charge >= 0.3 is 5.97 Å². The average Bonchev–Trinajstić information content (AvgIpc) is 2.80. The predicted molar refractivity (Wildman–Crippen MR) is 111 cm³/mol. The number of para-hydroxylation sites is 1. The predicted octanol–water partition coefficient (Wildman–Crippen LogP) is 2.90. The van der Waals surface area contributed by atoms with Crippen LogP contribution < -0.4 is 15.0 Å². The van der Waals surface area contributed by atoms with Gasteiger partial charge in [-0.25, -0.2) is 9.78 Å². The van der Waals surface area contributed by atoms with Crippen LogP contribution in [0.1, 0.15) is 15.9 Å². The molecule has 2 heterocycles. The van der Waals surface area contributed by atoms with Gasteiger partial charge in [-0.1, -0.05) is 12.1 Å². The molecule has 0 amide bonds. The van der Waals surface area contributed by atoms with E-state index < -0.39 is 5.97 Å². The number of hydrogen-bond acceptors (Lipinski definition) is 7. The maximum atomic E-state index is 12.5. The monoisotopic (exact) mass is 400 g/mol. The Balaban J connectivity index is 1.58. The van der Waals surface area contributed by atoms with Gasteiger partial charge in [0, 0.05) is 12.4 Å². The second-order valence-electron chi connectivity index (χ2n) is 6.20. The van der Waals surface area contributed by atoms with Crippen LogP contribution in [0.4, 0.5) is 0 Å². The normalized spacial score (nSPS) is 11.0. The van der Waals surface area contributed by atoms with Crippen molar-refractivity contribution in [3.05, 3.63) is 94.8 Å². The molecule has 4 aromatic rings. The van der Waals surface area contributed by atoms with Gasteiger partial charge in [0.15, 0.2) is 11.5 Å². The standard InChI is InChI=1S/C22H16N4O4/c1-29-20-11-15(8-9-19(20)30-22(28)16-5-4-10-23-13-16)12-25-26-14-24-18-7-3-2-6-17(18)21(26)27/h2-14H,1H3/b25-12+. The molecule has 0 fully saturated rings. The second-order valence-corrected chi connectivity index (χ2v) is 6.20. The third kappa shape index (κ3) is 3.93. The number of pyridine rings is 1. The summed E-state index contributed by atoms with van der Waals surface area (Å²) in [5, 5.41) is 4.66. The van der Waals surface area contributed by atoms with E-state index in [-0.39, 0.29) is 11.3 Å². The Kier molecular flexibility index (Phi) is 5.29. The zero-order chi connectivity index (χ0) is 20.9. The first kappa shape index (κ1) is 19.0. The number of fused-ring (bicyclic) bond motifs is 1. The molecule has 0 N–H and O–H groups in total. The fraction of sp³-hybridized carbons (Fsp3) is 0.0455. The summed E-state index contributed by atoms with van der Waals surface area (Å²) < 4.78 is 11.9. The summed E-state index contributed by atoms with van der Waals surface area (Å²) in [7, 11) is 1.47. The molecule has 0 saturated carbocycles. The third-order valence-electron chi connectivity index (χ3n) is 4.27. The second kappa shape index (κ2) is 8.36. The van der Waals surface area contributed by atoms with Crippen molar-refractivity contribution in [2.75, 3.05) is 7.11 Å². The molecule has 0 aliphatic heterocycles. The van der Waals surface area contributed by atoms with Crippen LogP contribution in [0.15, 0.2) is 83.2 Å². The minimum absolute atomic E-state index is 0.257. The molecule has 0 atom stereocenters. The van der Waals surface area contributed by atoms with Crippen molar-refractivity contribution in [1.82, 2.24) is 14.6 Å². The smallest absolute Gasteiger partial charge is 0.345 e. The van der Waals surface area contributed by atoms with Crippen LogP contribution in [-0.2, 0) is 0 Å². The van der Waals surface area contributed by atoms with E-state index in [1.165, 1.54) is 25.8 Å². The summed E-state index contributed by atoms with van der Waals surface area (Å²) in [6.07, 6.45) is 5.85. The number of aromatic nitrogens is 3. The molecule has 0 aliphatic carbocycles. The molecule has 0 radical (unpaired) electrons. The van der Waals surface area contributed by atoms with E-state index in [0.717, 1.165) is 4.68 Å². The topological polar surface area (TPSA) is 95.7 Å². The Labute approximate surface area is 171 Å². The molecule has 2 aromatic heterocycles. The van der Waals surface area contributed by atoms with E-state index in [1.807, 2.05) is 6.07 Å². The van der Waals surface area contributed by atoms with Gasteiger partial charge in [-0.05, 0) is 48.0 Å². The zero-order valence-electron chi connectivity index (χ0n) is 15.9. The van der Waals surface area contributed by atoms with Gasteiger partial charge in [0.2, 0.25) is 0 Å². The van der Waals surface area contributed by atoms with E-state index in [4.69, 9.17) is 9.47 Å². The van der Waals surface area contributed by atoms with Crippen LogP contribution in [0.2, 0.25) is 0 Å². The molecule has 4 rings (SSSR count). The van der Waals surface area contributed by atoms with Gasteiger partial charge < -0.3 is 9.47 Å². The first-order valence-corrected chi connectivity index (χ1v) is 8.97. The SMILES string of the molecule is COc1cc(/C=N/n2cnc3ccccc3c2=O)ccc1OC(=O)c1cccnc1. The molecule has 8 nitrogen and oxygen atoms in total. The van der Waals surface area contributed by atoms with Gasteiger partial charge in [-0.15, -0.1) is 0 Å². The lowest BCUT2D eigenvalue weighted by atomic mass is 10.2. The lowest BCUT2D eigenvalue weighted by molar-refractivity contribution is 0.0729. The largest absolute Gasteiger partial charge is 0.493 e. The van der Waals surface area contributed by atoms with E-state index >= 15 is 0 Å². The average molecular weight is 400 g/mol. The van der Waals surface area contributed by atoms with Gasteiger partial charge in [-0.3, -0.25) is 9.78 Å². The highest BCUT2D eigenvalue weighted by Crippen LogP contribution is 2.28. The number of rotatable bonds is 5.